The predicted octanol–water partition coefficient (Wildman–Crippen LogP) is 2.90. The summed E-state index contributed by atoms with van der Waals surface area (Å²) in [5, 5.41) is 2.02. The Morgan fingerprint density at radius 3 is 2.81 bits per heavy atom. The topological polar surface area (TPSA) is 55.4 Å². The lowest BCUT2D eigenvalue weighted by molar-refractivity contribution is 0.402. The van der Waals surface area contributed by atoms with E-state index in [1.807, 2.05) is 24.4 Å². The van der Waals surface area contributed by atoms with Gasteiger partial charge < -0.3 is 4.74 Å². The van der Waals surface area contributed by atoms with Crippen molar-refractivity contribution in [2.45, 2.75) is 30.2 Å². The Balaban J connectivity index is 1.81. The Kier molecular flexibility index (Phi) is 3.77. The van der Waals surface area contributed by atoms with Crippen molar-refractivity contribution in [3.63, 3.8) is 0 Å². The number of ether oxygens (including phenoxy) is 1. The summed E-state index contributed by atoms with van der Waals surface area (Å²) in [5.41, 5.74) is 0.891. The molecule has 3 rings (SSSR count). The summed E-state index contributed by atoms with van der Waals surface area (Å²) in [6.07, 6.45) is 0.855. The van der Waals surface area contributed by atoms with Gasteiger partial charge in [-0.2, -0.15) is 0 Å². The van der Waals surface area contributed by atoms with Gasteiger partial charge in [0, 0.05) is 16.8 Å². The molecular formula is C15H17NO3S2. The highest BCUT2D eigenvalue weighted by atomic mass is 32.2. The molecule has 2 aromatic rings. The zero-order valence-electron chi connectivity index (χ0n) is 11.9. The summed E-state index contributed by atoms with van der Waals surface area (Å²) < 4.78 is 33.0. The van der Waals surface area contributed by atoms with Crippen LogP contribution in [0.1, 0.15) is 22.8 Å². The molecule has 6 heteroatoms. The van der Waals surface area contributed by atoms with Crippen molar-refractivity contribution in [2.75, 3.05) is 7.11 Å². The van der Waals surface area contributed by atoms with E-state index in [2.05, 4.69) is 10.8 Å². The van der Waals surface area contributed by atoms with Gasteiger partial charge in [-0.05, 0) is 42.5 Å². The zero-order valence-corrected chi connectivity index (χ0v) is 13.5. The third kappa shape index (κ3) is 2.97. The zero-order chi connectivity index (χ0) is 15.0. The van der Waals surface area contributed by atoms with Crippen LogP contribution in [0.25, 0.3) is 0 Å². The van der Waals surface area contributed by atoms with Gasteiger partial charge >= 0.3 is 0 Å². The van der Waals surface area contributed by atoms with Crippen LogP contribution in [-0.4, -0.2) is 21.6 Å². The van der Waals surface area contributed by atoms with Crippen LogP contribution in [0.4, 0.5) is 0 Å². The summed E-state index contributed by atoms with van der Waals surface area (Å²) in [6.45, 7) is 1.87. The molecule has 1 N–H and O–H groups in total. The van der Waals surface area contributed by atoms with E-state index < -0.39 is 10.0 Å². The molecule has 0 radical (unpaired) electrons. The van der Waals surface area contributed by atoms with Crippen LogP contribution in [0.2, 0.25) is 0 Å². The fourth-order valence-corrected chi connectivity index (χ4v) is 4.85. The van der Waals surface area contributed by atoms with Gasteiger partial charge in [-0.15, -0.1) is 11.3 Å². The number of hydrogen-bond donors (Lipinski definition) is 1. The van der Waals surface area contributed by atoms with Crippen LogP contribution in [0, 0.1) is 6.92 Å². The third-order valence-electron chi connectivity index (χ3n) is 3.61. The first-order valence-electron chi connectivity index (χ1n) is 6.71. The molecule has 0 aliphatic heterocycles. The molecule has 0 bridgehead atoms. The first kappa shape index (κ1) is 14.6. The van der Waals surface area contributed by atoms with E-state index in [9.17, 15) is 8.42 Å². The molecular weight excluding hydrogens is 306 g/mol. The number of methoxy groups -OCH3 is 1. The molecule has 1 saturated carbocycles. The monoisotopic (exact) mass is 323 g/mol. The van der Waals surface area contributed by atoms with E-state index in [1.54, 1.807) is 23.5 Å². The van der Waals surface area contributed by atoms with E-state index in [4.69, 9.17) is 4.74 Å². The van der Waals surface area contributed by atoms with Crippen LogP contribution < -0.4 is 9.46 Å². The average molecular weight is 323 g/mol. The van der Waals surface area contributed by atoms with Crippen LogP contribution in [0.5, 0.6) is 5.75 Å². The van der Waals surface area contributed by atoms with Crippen molar-refractivity contribution in [1.82, 2.24) is 4.72 Å². The second-order valence-electron chi connectivity index (χ2n) is 5.24. The minimum absolute atomic E-state index is 0.0149. The lowest BCUT2D eigenvalue weighted by Gasteiger charge is -2.11. The van der Waals surface area contributed by atoms with Crippen LogP contribution in [-0.2, 0) is 10.0 Å². The van der Waals surface area contributed by atoms with Gasteiger partial charge in [0.05, 0.1) is 7.11 Å². The second kappa shape index (κ2) is 5.44. The maximum absolute atomic E-state index is 12.5. The summed E-state index contributed by atoms with van der Waals surface area (Å²) in [6, 6.07) is 9.20. The highest BCUT2D eigenvalue weighted by molar-refractivity contribution is 7.89. The van der Waals surface area contributed by atoms with Crippen molar-refractivity contribution < 1.29 is 13.2 Å². The van der Waals surface area contributed by atoms with Crippen molar-refractivity contribution >= 4 is 21.4 Å². The van der Waals surface area contributed by atoms with Crippen LogP contribution in [0.3, 0.4) is 0 Å². The molecule has 1 fully saturated rings. The molecule has 2 unspecified atom stereocenters. The Bertz CT molecular complexity index is 738. The van der Waals surface area contributed by atoms with Gasteiger partial charge in [-0.25, -0.2) is 13.1 Å². The lowest BCUT2D eigenvalue weighted by Crippen LogP contribution is -2.27. The lowest BCUT2D eigenvalue weighted by atomic mass is 10.2. The van der Waals surface area contributed by atoms with E-state index >= 15 is 0 Å². The van der Waals surface area contributed by atoms with Gasteiger partial charge in [0.1, 0.15) is 10.6 Å². The smallest absolute Gasteiger partial charge is 0.244 e. The van der Waals surface area contributed by atoms with Gasteiger partial charge in [-0.3, -0.25) is 0 Å². The molecule has 1 aliphatic rings. The average Bonchev–Trinajstić information content (AvgIpc) is 2.99. The maximum atomic E-state index is 12.5. The number of thiophene rings is 1. The standard InChI is InChI=1S/C15H17NO3S2/c1-10-5-6-13(19-2)15(8-10)21(17,18)16-12-9-11(12)14-4-3-7-20-14/h3-8,11-12,16H,9H2,1-2H3. The summed E-state index contributed by atoms with van der Waals surface area (Å²) >= 11 is 1.67. The Morgan fingerprint density at radius 2 is 2.14 bits per heavy atom. The number of nitrogens with one attached hydrogen (secondary N) is 1. The number of hydrogen-bond acceptors (Lipinski definition) is 4. The van der Waals surface area contributed by atoms with Crippen molar-refractivity contribution in [1.29, 1.82) is 0 Å². The van der Waals surface area contributed by atoms with Crippen molar-refractivity contribution in [3.05, 3.63) is 46.2 Å². The predicted molar refractivity (Wildman–Crippen MR) is 83.5 cm³/mol. The highest BCUT2D eigenvalue weighted by Crippen LogP contribution is 2.43. The minimum Gasteiger partial charge on any atom is -0.495 e. The first-order chi connectivity index (χ1) is 10.0. The second-order valence-corrected chi connectivity index (χ2v) is 7.90. The van der Waals surface area contributed by atoms with Crippen LogP contribution in [0.15, 0.2) is 40.6 Å². The summed E-state index contributed by atoms with van der Waals surface area (Å²) in [7, 11) is -2.08. The minimum atomic E-state index is -3.56. The largest absolute Gasteiger partial charge is 0.495 e. The molecule has 1 heterocycles. The molecule has 2 atom stereocenters. The highest BCUT2D eigenvalue weighted by Gasteiger charge is 2.42. The summed E-state index contributed by atoms with van der Waals surface area (Å²) in [5.74, 6) is 0.678. The fraction of sp³-hybridized carbons (Fsp3) is 0.333. The molecule has 21 heavy (non-hydrogen) atoms. The molecule has 1 aromatic carbocycles. The Labute approximate surface area is 128 Å². The van der Waals surface area contributed by atoms with E-state index in [0.717, 1.165) is 12.0 Å². The maximum Gasteiger partial charge on any atom is 0.244 e. The van der Waals surface area contributed by atoms with Gasteiger partial charge in [0.25, 0.3) is 0 Å². The van der Waals surface area contributed by atoms with Gasteiger partial charge in [-0.1, -0.05) is 12.1 Å². The molecule has 1 aliphatic carbocycles. The Morgan fingerprint density at radius 1 is 1.33 bits per heavy atom. The van der Waals surface area contributed by atoms with Gasteiger partial charge in [0.15, 0.2) is 0 Å². The van der Waals surface area contributed by atoms with Crippen LogP contribution >= 0.6 is 11.3 Å². The third-order valence-corrected chi connectivity index (χ3v) is 6.13. The van der Waals surface area contributed by atoms with Crippen molar-refractivity contribution in [2.24, 2.45) is 0 Å². The number of sulfonamides is 1. The number of benzene rings is 1. The van der Waals surface area contributed by atoms with Gasteiger partial charge in [0.2, 0.25) is 10.0 Å². The van der Waals surface area contributed by atoms with E-state index in [0.29, 0.717) is 11.7 Å². The fourth-order valence-electron chi connectivity index (χ4n) is 2.40. The Hall–Kier alpha value is -1.37. The number of aryl methyl sites for hydroxylation is 1. The van der Waals surface area contributed by atoms with E-state index in [1.165, 1.54) is 12.0 Å². The molecule has 0 saturated heterocycles. The quantitative estimate of drug-likeness (QED) is 0.920. The molecule has 0 spiro atoms. The normalized spacial score (nSPS) is 21.2. The summed E-state index contributed by atoms with van der Waals surface area (Å²) in [4.78, 5) is 1.45. The number of rotatable bonds is 5. The first-order valence-corrected chi connectivity index (χ1v) is 9.08. The molecule has 112 valence electrons. The molecule has 0 amide bonds. The van der Waals surface area contributed by atoms with Crippen molar-refractivity contribution in [3.8, 4) is 5.75 Å². The van der Waals surface area contributed by atoms with E-state index in [-0.39, 0.29) is 10.9 Å². The molecule has 1 aromatic heterocycles. The SMILES string of the molecule is COc1ccc(C)cc1S(=O)(=O)NC1CC1c1cccs1. The molecule has 4 nitrogen and oxygen atoms in total.